The summed E-state index contributed by atoms with van der Waals surface area (Å²) in [5.74, 6) is 6.30. The van der Waals surface area contributed by atoms with E-state index in [1.54, 1.807) is 0 Å². The monoisotopic (exact) mass is 224 g/mol. The maximum atomic E-state index is 8.62. The second kappa shape index (κ2) is 14.5. The lowest BCUT2D eigenvalue weighted by atomic mass is 10.1. The van der Waals surface area contributed by atoms with Crippen LogP contribution in [0.25, 0.3) is 0 Å². The van der Waals surface area contributed by atoms with Crippen LogP contribution in [0.4, 0.5) is 0 Å². The molecule has 0 unspecified atom stereocenters. The summed E-state index contributed by atoms with van der Waals surface area (Å²) < 4.78 is 0. The van der Waals surface area contributed by atoms with Crippen molar-refractivity contribution >= 4 is 0 Å². The van der Waals surface area contributed by atoms with E-state index in [2.05, 4.69) is 18.8 Å². The zero-order valence-corrected chi connectivity index (χ0v) is 10.9. The van der Waals surface area contributed by atoms with Crippen molar-refractivity contribution in [2.24, 2.45) is 0 Å². The molecule has 0 radical (unpaired) electrons. The Morgan fingerprint density at radius 1 is 0.688 bits per heavy atom. The number of hydrogen-bond acceptors (Lipinski definition) is 1. The lowest BCUT2D eigenvalue weighted by Gasteiger charge is -2.00. The third-order valence-electron chi connectivity index (χ3n) is 2.76. The maximum Gasteiger partial charge on any atom is 0.0431 e. The summed E-state index contributed by atoms with van der Waals surface area (Å²) in [7, 11) is 0. The van der Waals surface area contributed by atoms with Gasteiger partial charge < -0.3 is 5.11 Å². The summed E-state index contributed by atoms with van der Waals surface area (Å²) in [6, 6.07) is 0. The first-order chi connectivity index (χ1) is 7.91. The molecule has 0 bridgehead atoms. The number of unbranched alkanes of at least 4 members (excludes halogenated alkanes) is 9. The van der Waals surface area contributed by atoms with Crippen LogP contribution >= 0.6 is 0 Å². The van der Waals surface area contributed by atoms with Gasteiger partial charge in [0.05, 0.1) is 0 Å². The van der Waals surface area contributed by atoms with Crippen LogP contribution < -0.4 is 0 Å². The minimum absolute atomic E-state index is 0.360. The third kappa shape index (κ3) is 13.5. The normalized spacial score (nSPS) is 9.88. The smallest absolute Gasteiger partial charge is 0.0431 e. The Hall–Kier alpha value is -0.480. The molecule has 0 aromatic carbocycles. The van der Waals surface area contributed by atoms with Gasteiger partial charge in [-0.1, -0.05) is 51.9 Å². The zero-order chi connectivity index (χ0) is 11.9. The Morgan fingerprint density at radius 3 is 1.69 bits per heavy atom. The van der Waals surface area contributed by atoms with Crippen molar-refractivity contribution in [3.05, 3.63) is 0 Å². The van der Waals surface area contributed by atoms with Crippen molar-refractivity contribution in [3.8, 4) is 11.8 Å². The van der Waals surface area contributed by atoms with Gasteiger partial charge in [-0.15, -0.1) is 11.8 Å². The summed E-state index contributed by atoms with van der Waals surface area (Å²) in [6.45, 7) is 2.46. The molecule has 1 heteroatoms. The molecular weight excluding hydrogens is 196 g/mol. The van der Waals surface area contributed by atoms with Crippen LogP contribution in [-0.2, 0) is 0 Å². The molecule has 0 rings (SSSR count). The third-order valence-corrected chi connectivity index (χ3v) is 2.76. The van der Waals surface area contributed by atoms with Crippen molar-refractivity contribution in [3.63, 3.8) is 0 Å². The molecule has 0 aromatic heterocycles. The highest BCUT2D eigenvalue weighted by atomic mass is 16.2. The quantitative estimate of drug-likeness (QED) is 0.433. The molecule has 0 heterocycles. The van der Waals surface area contributed by atoms with Gasteiger partial charge in [0.2, 0.25) is 0 Å². The molecule has 0 atom stereocenters. The molecule has 0 saturated carbocycles. The van der Waals surface area contributed by atoms with Crippen LogP contribution in [0.5, 0.6) is 0 Å². The van der Waals surface area contributed by atoms with E-state index >= 15 is 0 Å². The van der Waals surface area contributed by atoms with Gasteiger partial charge >= 0.3 is 0 Å². The molecule has 0 saturated heterocycles. The van der Waals surface area contributed by atoms with Crippen molar-refractivity contribution < 1.29 is 5.11 Å². The average Bonchev–Trinajstić information content (AvgIpc) is 2.31. The first kappa shape index (κ1) is 15.5. The van der Waals surface area contributed by atoms with E-state index in [1.165, 1.54) is 51.4 Å². The highest BCUT2D eigenvalue weighted by Gasteiger charge is 1.91. The van der Waals surface area contributed by atoms with Crippen LogP contribution in [0.1, 0.15) is 77.6 Å². The van der Waals surface area contributed by atoms with Gasteiger partial charge in [-0.3, -0.25) is 0 Å². The highest BCUT2D eigenvalue weighted by molar-refractivity contribution is 4.97. The van der Waals surface area contributed by atoms with Gasteiger partial charge in [-0.2, -0.15) is 0 Å². The lowest BCUT2D eigenvalue weighted by Crippen LogP contribution is -1.84. The van der Waals surface area contributed by atoms with E-state index in [0.717, 1.165) is 19.3 Å². The molecule has 0 amide bonds. The second-order valence-corrected chi connectivity index (χ2v) is 4.36. The minimum Gasteiger partial charge on any atom is -0.396 e. The average molecular weight is 224 g/mol. The van der Waals surface area contributed by atoms with Crippen LogP contribution in [0.15, 0.2) is 0 Å². The maximum absolute atomic E-state index is 8.62. The predicted octanol–water partition coefficient (Wildman–Crippen LogP) is 4.29. The van der Waals surface area contributed by atoms with Crippen LogP contribution in [0.2, 0.25) is 0 Å². The van der Waals surface area contributed by atoms with Crippen molar-refractivity contribution in [1.82, 2.24) is 0 Å². The molecule has 94 valence electrons. The van der Waals surface area contributed by atoms with Crippen molar-refractivity contribution in [1.29, 1.82) is 0 Å². The fraction of sp³-hybridized carbons (Fsp3) is 0.867. The fourth-order valence-corrected chi connectivity index (χ4v) is 1.78. The number of aliphatic hydroxyl groups excluding tert-OH is 1. The summed E-state index contributed by atoms with van der Waals surface area (Å²) in [4.78, 5) is 0. The Labute approximate surface area is 102 Å². The zero-order valence-electron chi connectivity index (χ0n) is 10.9. The summed E-state index contributed by atoms with van der Waals surface area (Å²) in [6.07, 6.45) is 13.6. The Bertz CT molecular complexity index is 176. The van der Waals surface area contributed by atoms with Gasteiger partial charge in [0.1, 0.15) is 0 Å². The first-order valence-electron chi connectivity index (χ1n) is 6.98. The summed E-state index contributed by atoms with van der Waals surface area (Å²) in [5.41, 5.74) is 0. The van der Waals surface area contributed by atoms with E-state index < -0.39 is 0 Å². The Balaban J connectivity index is 2.93. The van der Waals surface area contributed by atoms with E-state index in [4.69, 9.17) is 5.11 Å². The Kier molecular flexibility index (Phi) is 14.1. The van der Waals surface area contributed by atoms with Gasteiger partial charge in [-0.25, -0.2) is 0 Å². The van der Waals surface area contributed by atoms with Crippen molar-refractivity contribution in [2.45, 2.75) is 77.6 Å². The number of rotatable bonds is 10. The first-order valence-corrected chi connectivity index (χ1v) is 6.98. The number of hydrogen-bond donors (Lipinski definition) is 1. The molecule has 0 aliphatic carbocycles. The largest absolute Gasteiger partial charge is 0.396 e. The van der Waals surface area contributed by atoms with E-state index in [1.807, 2.05) is 0 Å². The van der Waals surface area contributed by atoms with Gasteiger partial charge in [0, 0.05) is 19.4 Å². The highest BCUT2D eigenvalue weighted by Crippen LogP contribution is 2.10. The fourth-order valence-electron chi connectivity index (χ4n) is 1.78. The summed E-state index contributed by atoms with van der Waals surface area (Å²) >= 11 is 0. The SMILES string of the molecule is CCC#CCCCCCCCCCCCO. The lowest BCUT2D eigenvalue weighted by molar-refractivity contribution is 0.282. The van der Waals surface area contributed by atoms with Crippen LogP contribution in [-0.4, -0.2) is 11.7 Å². The van der Waals surface area contributed by atoms with Crippen LogP contribution in [0.3, 0.4) is 0 Å². The topological polar surface area (TPSA) is 20.2 Å². The van der Waals surface area contributed by atoms with E-state index in [9.17, 15) is 0 Å². The summed E-state index contributed by atoms with van der Waals surface area (Å²) in [5, 5.41) is 8.62. The molecule has 0 aliphatic rings. The number of aliphatic hydroxyl groups is 1. The van der Waals surface area contributed by atoms with Crippen molar-refractivity contribution in [2.75, 3.05) is 6.61 Å². The minimum atomic E-state index is 0.360. The van der Waals surface area contributed by atoms with E-state index in [0.29, 0.717) is 6.61 Å². The van der Waals surface area contributed by atoms with Gasteiger partial charge in [-0.05, 0) is 12.8 Å². The molecule has 0 spiro atoms. The molecule has 16 heavy (non-hydrogen) atoms. The van der Waals surface area contributed by atoms with Gasteiger partial charge in [0.15, 0.2) is 0 Å². The molecule has 1 nitrogen and oxygen atoms in total. The molecule has 0 fully saturated rings. The van der Waals surface area contributed by atoms with E-state index in [-0.39, 0.29) is 0 Å². The Morgan fingerprint density at radius 2 is 1.19 bits per heavy atom. The molecule has 1 N–H and O–H groups in total. The molecule has 0 aliphatic heterocycles. The predicted molar refractivity (Wildman–Crippen MR) is 71.3 cm³/mol. The molecular formula is C15H28O. The van der Waals surface area contributed by atoms with Crippen LogP contribution in [0, 0.1) is 11.8 Å². The standard InChI is InChI=1S/C15H28O/c1-2-3-4-5-6-7-8-9-10-11-12-13-14-15-16/h16H,2,5-15H2,1H3. The van der Waals surface area contributed by atoms with Gasteiger partial charge in [0.25, 0.3) is 0 Å². The second-order valence-electron chi connectivity index (χ2n) is 4.36. The molecule has 0 aromatic rings.